The van der Waals surface area contributed by atoms with Crippen LogP contribution >= 0.6 is 0 Å². The van der Waals surface area contributed by atoms with E-state index in [0.29, 0.717) is 5.78 Å². The predicted molar refractivity (Wildman–Crippen MR) is 109 cm³/mol. The molecular weight excluding hydrogens is 332 g/mol. The van der Waals surface area contributed by atoms with Gasteiger partial charge in [0.1, 0.15) is 11.0 Å². The quantitative estimate of drug-likeness (QED) is 0.382. The van der Waals surface area contributed by atoms with Gasteiger partial charge in [-0.2, -0.15) is 5.10 Å². The van der Waals surface area contributed by atoms with Gasteiger partial charge in [0.2, 0.25) is 0 Å². The van der Waals surface area contributed by atoms with Crippen LogP contribution < -0.4 is 0 Å². The third-order valence-electron chi connectivity index (χ3n) is 5.04. The first-order valence-corrected chi connectivity index (χ1v) is 8.90. The number of nitrogens with zero attached hydrogens (tertiary/aromatic N) is 4. The molecule has 0 spiro atoms. The molecule has 6 rings (SSSR count). The molecule has 6 aromatic rings. The first-order valence-electron chi connectivity index (χ1n) is 8.90. The molecule has 0 aliphatic heterocycles. The fourth-order valence-corrected chi connectivity index (χ4v) is 3.79. The predicted octanol–water partition coefficient (Wildman–Crippen LogP) is 5.25. The van der Waals surface area contributed by atoms with Gasteiger partial charge >= 0.3 is 0 Å². The third kappa shape index (κ3) is 2.07. The second kappa shape index (κ2) is 5.35. The summed E-state index contributed by atoms with van der Waals surface area (Å²) in [5.41, 5.74) is 3.72. The van der Waals surface area contributed by atoms with Crippen molar-refractivity contribution >= 4 is 38.4 Å². The van der Waals surface area contributed by atoms with Gasteiger partial charge in [-0.3, -0.25) is 0 Å². The van der Waals surface area contributed by atoms with Crippen LogP contribution in [-0.2, 0) is 0 Å². The molecule has 0 saturated carbocycles. The number of aromatic nitrogens is 4. The molecule has 0 amide bonds. The number of rotatable bonds is 1. The molecule has 0 aliphatic carbocycles. The summed E-state index contributed by atoms with van der Waals surface area (Å²) in [5.74, 6) is 0.613. The molecule has 4 nitrogen and oxygen atoms in total. The Kier molecular flexibility index (Phi) is 2.85. The van der Waals surface area contributed by atoms with Gasteiger partial charge in [0.15, 0.2) is 0 Å². The van der Waals surface area contributed by atoms with Crippen molar-refractivity contribution in [2.24, 2.45) is 0 Å². The Labute approximate surface area is 154 Å². The Morgan fingerprint density at radius 1 is 0.556 bits per heavy atom. The van der Waals surface area contributed by atoms with E-state index in [-0.39, 0.29) is 0 Å². The molecule has 27 heavy (non-hydrogen) atoms. The molecule has 0 saturated heterocycles. The van der Waals surface area contributed by atoms with Crippen LogP contribution in [0.4, 0.5) is 0 Å². The molecule has 0 atom stereocenters. The summed E-state index contributed by atoms with van der Waals surface area (Å²) in [5, 5.41) is 9.48. The second-order valence-electron chi connectivity index (χ2n) is 6.64. The monoisotopic (exact) mass is 346 g/mol. The maximum Gasteiger partial charge on any atom is 0.251 e. The fourth-order valence-electron chi connectivity index (χ4n) is 3.79. The van der Waals surface area contributed by atoms with Crippen LogP contribution in [0.3, 0.4) is 0 Å². The molecule has 4 heteroatoms. The van der Waals surface area contributed by atoms with E-state index in [2.05, 4.69) is 36.4 Å². The Balaban J connectivity index is 1.78. The first-order chi connectivity index (χ1) is 13.4. The molecule has 0 aliphatic rings. The number of imidazole rings is 1. The SMILES string of the molecule is c1ccc(-c2cn3nc4c5ccccc5c5ccccc5c4nc3n2)cc1. The van der Waals surface area contributed by atoms with Gasteiger partial charge in [0.25, 0.3) is 5.78 Å². The zero-order chi connectivity index (χ0) is 17.8. The highest BCUT2D eigenvalue weighted by Crippen LogP contribution is 2.33. The number of benzene rings is 4. The minimum atomic E-state index is 0.613. The van der Waals surface area contributed by atoms with Gasteiger partial charge in [0.05, 0.1) is 11.9 Å². The summed E-state index contributed by atoms with van der Waals surface area (Å²) in [7, 11) is 0. The molecule has 0 radical (unpaired) electrons. The summed E-state index contributed by atoms with van der Waals surface area (Å²) in [6.07, 6.45) is 1.95. The van der Waals surface area contributed by atoms with Crippen molar-refractivity contribution in [3.8, 4) is 11.3 Å². The normalized spacial score (nSPS) is 11.7. The zero-order valence-electron chi connectivity index (χ0n) is 14.4. The van der Waals surface area contributed by atoms with E-state index in [1.54, 1.807) is 4.52 Å². The van der Waals surface area contributed by atoms with Crippen LogP contribution in [0.1, 0.15) is 0 Å². The molecule has 0 fully saturated rings. The zero-order valence-corrected chi connectivity index (χ0v) is 14.4. The smallest absolute Gasteiger partial charge is 0.209 e. The molecule has 2 aromatic heterocycles. The average Bonchev–Trinajstić information content (AvgIpc) is 3.16. The number of hydrogen-bond donors (Lipinski definition) is 0. The van der Waals surface area contributed by atoms with Crippen molar-refractivity contribution in [3.63, 3.8) is 0 Å². The van der Waals surface area contributed by atoms with E-state index in [9.17, 15) is 0 Å². The molecule has 0 N–H and O–H groups in total. The molecule has 126 valence electrons. The lowest BCUT2D eigenvalue weighted by atomic mass is 10.00. The van der Waals surface area contributed by atoms with E-state index >= 15 is 0 Å². The van der Waals surface area contributed by atoms with Crippen LogP contribution in [-0.4, -0.2) is 19.6 Å². The van der Waals surface area contributed by atoms with E-state index in [0.717, 1.165) is 33.1 Å². The summed E-state index contributed by atoms with van der Waals surface area (Å²) >= 11 is 0. The van der Waals surface area contributed by atoms with Gasteiger partial charge in [-0.1, -0.05) is 78.9 Å². The summed E-state index contributed by atoms with van der Waals surface area (Å²) in [6.45, 7) is 0. The lowest BCUT2D eigenvalue weighted by Crippen LogP contribution is -1.97. The Bertz CT molecular complexity index is 1370. The lowest BCUT2D eigenvalue weighted by Gasteiger charge is -2.08. The topological polar surface area (TPSA) is 43.1 Å². The van der Waals surface area contributed by atoms with Gasteiger partial charge in [-0.25, -0.2) is 14.5 Å². The maximum absolute atomic E-state index is 4.89. The second-order valence-corrected chi connectivity index (χ2v) is 6.64. The minimum Gasteiger partial charge on any atom is -0.209 e. The third-order valence-corrected chi connectivity index (χ3v) is 5.04. The van der Waals surface area contributed by atoms with Crippen molar-refractivity contribution in [2.75, 3.05) is 0 Å². The first kappa shape index (κ1) is 14.4. The fraction of sp³-hybridized carbons (Fsp3) is 0. The van der Waals surface area contributed by atoms with Crippen molar-refractivity contribution in [1.82, 2.24) is 19.6 Å². The lowest BCUT2D eigenvalue weighted by molar-refractivity contribution is 0.946. The summed E-state index contributed by atoms with van der Waals surface area (Å²) < 4.78 is 1.78. The highest BCUT2D eigenvalue weighted by atomic mass is 15.3. The Morgan fingerprint density at radius 3 is 1.85 bits per heavy atom. The van der Waals surface area contributed by atoms with Crippen molar-refractivity contribution in [2.45, 2.75) is 0 Å². The molecular formula is C23H14N4. The van der Waals surface area contributed by atoms with Gasteiger partial charge in [-0.05, 0) is 10.8 Å². The van der Waals surface area contributed by atoms with Crippen molar-refractivity contribution in [1.29, 1.82) is 0 Å². The van der Waals surface area contributed by atoms with E-state index in [1.165, 1.54) is 10.8 Å². The van der Waals surface area contributed by atoms with Crippen LogP contribution in [0.25, 0.3) is 49.6 Å². The Morgan fingerprint density at radius 2 is 1.15 bits per heavy atom. The van der Waals surface area contributed by atoms with Crippen LogP contribution in [0.5, 0.6) is 0 Å². The standard InChI is InChI=1S/C23H14N4/c1-2-8-15(9-3-1)20-14-27-23(24-20)25-21-18-12-6-4-10-16(18)17-11-5-7-13-19(17)22(21)26-27/h1-14H. The van der Waals surface area contributed by atoms with Crippen LogP contribution in [0.2, 0.25) is 0 Å². The average molecular weight is 346 g/mol. The van der Waals surface area contributed by atoms with Crippen molar-refractivity contribution in [3.05, 3.63) is 85.1 Å². The number of fused-ring (bicyclic) bond motifs is 7. The molecule has 0 unspecified atom stereocenters. The highest BCUT2D eigenvalue weighted by molar-refractivity contribution is 6.23. The van der Waals surface area contributed by atoms with E-state index < -0.39 is 0 Å². The van der Waals surface area contributed by atoms with E-state index in [4.69, 9.17) is 15.1 Å². The summed E-state index contributed by atoms with van der Waals surface area (Å²) in [6, 6.07) is 26.9. The molecule has 4 aromatic carbocycles. The van der Waals surface area contributed by atoms with Crippen LogP contribution in [0.15, 0.2) is 85.1 Å². The Hall–Kier alpha value is -3.79. The van der Waals surface area contributed by atoms with Crippen LogP contribution in [0, 0.1) is 0 Å². The molecule has 2 heterocycles. The van der Waals surface area contributed by atoms with Gasteiger partial charge in [0, 0.05) is 16.3 Å². The van der Waals surface area contributed by atoms with Crippen molar-refractivity contribution < 1.29 is 0 Å². The van der Waals surface area contributed by atoms with Gasteiger partial charge in [-0.15, -0.1) is 0 Å². The largest absolute Gasteiger partial charge is 0.251 e. The highest BCUT2D eigenvalue weighted by Gasteiger charge is 2.13. The van der Waals surface area contributed by atoms with Gasteiger partial charge < -0.3 is 0 Å². The summed E-state index contributed by atoms with van der Waals surface area (Å²) in [4.78, 5) is 9.60. The maximum atomic E-state index is 4.89. The number of hydrogen-bond acceptors (Lipinski definition) is 3. The van der Waals surface area contributed by atoms with E-state index in [1.807, 2.05) is 48.7 Å². The minimum absolute atomic E-state index is 0.613. The molecule has 0 bridgehead atoms.